The molecule has 6 heteroatoms. The minimum absolute atomic E-state index is 0.0212. The van der Waals surface area contributed by atoms with Gasteiger partial charge in [-0.25, -0.2) is 14.2 Å². The molecule has 1 heterocycles. The van der Waals surface area contributed by atoms with Crippen LogP contribution in [-0.2, 0) is 4.79 Å². The van der Waals surface area contributed by atoms with Gasteiger partial charge in [0.05, 0.1) is 12.3 Å². The molecule has 0 bridgehead atoms. The third-order valence-corrected chi connectivity index (χ3v) is 2.54. The van der Waals surface area contributed by atoms with Crippen LogP contribution in [0.15, 0.2) is 17.2 Å². The summed E-state index contributed by atoms with van der Waals surface area (Å²) in [5.41, 5.74) is 2.99. The van der Waals surface area contributed by atoms with Gasteiger partial charge in [-0.1, -0.05) is 6.92 Å². The highest BCUT2D eigenvalue weighted by atomic mass is 19.1. The Morgan fingerprint density at radius 3 is 3.00 bits per heavy atom. The maximum absolute atomic E-state index is 13.5. The van der Waals surface area contributed by atoms with Crippen molar-refractivity contribution in [3.05, 3.63) is 29.3 Å². The Bertz CT molecular complexity index is 515. The van der Waals surface area contributed by atoms with Crippen molar-refractivity contribution < 1.29 is 18.3 Å². The van der Waals surface area contributed by atoms with Gasteiger partial charge in [0, 0.05) is 24.5 Å². The van der Waals surface area contributed by atoms with Crippen LogP contribution in [-0.4, -0.2) is 18.2 Å². The number of hydrogen-bond donors (Lipinski definition) is 1. The lowest BCUT2D eigenvalue weighted by Gasteiger charge is -2.19. The Kier molecular flexibility index (Phi) is 3.55. The topological polar surface area (TPSA) is 50.7 Å². The number of nitrogens with one attached hydrogen (secondary N) is 1. The number of hydrazone groups is 1. The van der Waals surface area contributed by atoms with Crippen LogP contribution in [0, 0.1) is 11.6 Å². The molecule has 4 nitrogen and oxygen atoms in total. The number of fused-ring (bicyclic) bond motifs is 1. The van der Waals surface area contributed by atoms with E-state index in [9.17, 15) is 13.6 Å². The number of hydrogen-bond acceptors (Lipinski definition) is 3. The van der Waals surface area contributed by atoms with Crippen LogP contribution in [0.5, 0.6) is 5.75 Å². The summed E-state index contributed by atoms with van der Waals surface area (Å²) in [5, 5.41) is 3.88. The van der Waals surface area contributed by atoms with Gasteiger partial charge in [0.1, 0.15) is 5.82 Å². The highest BCUT2D eigenvalue weighted by Crippen LogP contribution is 2.29. The summed E-state index contributed by atoms with van der Waals surface area (Å²) >= 11 is 0. The van der Waals surface area contributed by atoms with Crippen LogP contribution < -0.4 is 10.2 Å². The number of rotatable bonds is 2. The lowest BCUT2D eigenvalue weighted by molar-refractivity contribution is -0.120. The zero-order valence-corrected chi connectivity index (χ0v) is 9.80. The number of halogens is 2. The van der Waals surface area contributed by atoms with Gasteiger partial charge in [-0.05, 0) is 6.07 Å². The minimum Gasteiger partial charge on any atom is -0.489 e. The van der Waals surface area contributed by atoms with E-state index in [-0.39, 0.29) is 30.2 Å². The van der Waals surface area contributed by atoms with Crippen molar-refractivity contribution in [1.29, 1.82) is 0 Å². The second-order valence-corrected chi connectivity index (χ2v) is 3.81. The Morgan fingerprint density at radius 2 is 2.28 bits per heavy atom. The van der Waals surface area contributed by atoms with Crippen LogP contribution in [0.25, 0.3) is 0 Å². The van der Waals surface area contributed by atoms with Crippen LogP contribution in [0.2, 0.25) is 0 Å². The maximum atomic E-state index is 13.5. The van der Waals surface area contributed by atoms with Crippen LogP contribution in [0.4, 0.5) is 8.78 Å². The second kappa shape index (κ2) is 5.12. The molecule has 1 aliphatic rings. The second-order valence-electron chi connectivity index (χ2n) is 3.81. The predicted octanol–water partition coefficient (Wildman–Crippen LogP) is 1.98. The zero-order valence-electron chi connectivity index (χ0n) is 9.80. The molecule has 0 aromatic heterocycles. The molecule has 1 aliphatic heterocycles. The van der Waals surface area contributed by atoms with Crippen molar-refractivity contribution in [1.82, 2.24) is 5.43 Å². The van der Waals surface area contributed by atoms with Crippen molar-refractivity contribution in [2.45, 2.75) is 19.8 Å². The third-order valence-electron chi connectivity index (χ3n) is 2.54. The van der Waals surface area contributed by atoms with E-state index in [0.717, 1.165) is 12.1 Å². The van der Waals surface area contributed by atoms with E-state index >= 15 is 0 Å². The first-order valence-corrected chi connectivity index (χ1v) is 5.59. The van der Waals surface area contributed by atoms with Crippen molar-refractivity contribution in [2.24, 2.45) is 5.10 Å². The van der Waals surface area contributed by atoms with Gasteiger partial charge >= 0.3 is 0 Å². The van der Waals surface area contributed by atoms with Gasteiger partial charge in [0.2, 0.25) is 5.91 Å². The van der Waals surface area contributed by atoms with Crippen molar-refractivity contribution >= 4 is 11.6 Å². The van der Waals surface area contributed by atoms with E-state index in [4.69, 9.17) is 4.74 Å². The molecule has 0 aliphatic carbocycles. The van der Waals surface area contributed by atoms with E-state index in [1.54, 1.807) is 6.92 Å². The molecule has 0 saturated carbocycles. The van der Waals surface area contributed by atoms with E-state index in [2.05, 4.69) is 10.5 Å². The third kappa shape index (κ3) is 2.47. The van der Waals surface area contributed by atoms with Crippen LogP contribution in [0.1, 0.15) is 25.3 Å². The summed E-state index contributed by atoms with van der Waals surface area (Å²) in [4.78, 5) is 11.1. The highest BCUT2D eigenvalue weighted by Gasteiger charge is 2.22. The number of ether oxygens (including phenoxy) is 1. The smallest absolute Gasteiger partial charge is 0.239 e. The van der Waals surface area contributed by atoms with Gasteiger partial charge in [-0.2, -0.15) is 5.10 Å². The number of nitrogens with zero attached hydrogens (tertiary/aromatic N) is 1. The van der Waals surface area contributed by atoms with Crippen LogP contribution >= 0.6 is 0 Å². The molecule has 2 rings (SSSR count). The maximum Gasteiger partial charge on any atom is 0.239 e. The molecule has 0 unspecified atom stereocenters. The molecular formula is C12H12F2N2O2. The summed E-state index contributed by atoms with van der Waals surface area (Å²) in [5.74, 6) is -1.75. The van der Waals surface area contributed by atoms with Gasteiger partial charge in [-0.3, -0.25) is 4.79 Å². The highest BCUT2D eigenvalue weighted by molar-refractivity contribution is 6.04. The molecule has 1 aromatic carbocycles. The Hall–Kier alpha value is -1.98. The average Bonchev–Trinajstić information content (AvgIpc) is 2.36. The van der Waals surface area contributed by atoms with Crippen molar-refractivity contribution in [3.63, 3.8) is 0 Å². The van der Waals surface area contributed by atoms with E-state index in [1.165, 1.54) is 0 Å². The zero-order chi connectivity index (χ0) is 13.1. The monoisotopic (exact) mass is 254 g/mol. The molecule has 0 radical (unpaired) electrons. The fourth-order valence-electron chi connectivity index (χ4n) is 1.63. The SMILES string of the molecule is CCC(=O)N/N=C1\CCOc2c(F)cc(F)cc21. The molecular weight excluding hydrogens is 242 g/mol. The summed E-state index contributed by atoms with van der Waals surface area (Å²) in [6, 6.07) is 1.90. The van der Waals surface area contributed by atoms with Gasteiger partial charge in [0.25, 0.3) is 0 Å². The quantitative estimate of drug-likeness (QED) is 0.820. The number of carbonyl (C=O) groups is 1. The molecule has 96 valence electrons. The lowest BCUT2D eigenvalue weighted by atomic mass is 10.0. The number of amides is 1. The van der Waals surface area contributed by atoms with Gasteiger partial charge < -0.3 is 4.74 Å². The molecule has 0 fully saturated rings. The normalized spacial score (nSPS) is 16.1. The molecule has 0 atom stereocenters. The van der Waals surface area contributed by atoms with Crippen molar-refractivity contribution in [3.8, 4) is 5.75 Å². The fraction of sp³-hybridized carbons (Fsp3) is 0.333. The summed E-state index contributed by atoms with van der Waals surface area (Å²) in [6.45, 7) is 1.93. The standard InChI is InChI=1S/C12H12F2N2O2/c1-2-11(17)16-15-10-3-4-18-12-8(10)5-7(13)6-9(12)14/h5-6H,2-4H2,1H3,(H,16,17)/b15-10+. The number of benzene rings is 1. The summed E-state index contributed by atoms with van der Waals surface area (Å²) < 4.78 is 31.8. The largest absolute Gasteiger partial charge is 0.489 e. The Balaban J connectivity index is 2.35. The van der Waals surface area contributed by atoms with Crippen molar-refractivity contribution in [2.75, 3.05) is 6.61 Å². The number of carbonyl (C=O) groups excluding carboxylic acids is 1. The molecule has 18 heavy (non-hydrogen) atoms. The van der Waals surface area contributed by atoms with Gasteiger partial charge in [0.15, 0.2) is 11.6 Å². The first-order chi connectivity index (χ1) is 8.61. The minimum atomic E-state index is -0.765. The average molecular weight is 254 g/mol. The summed E-state index contributed by atoms with van der Waals surface area (Å²) in [6.07, 6.45) is 0.678. The van der Waals surface area contributed by atoms with Gasteiger partial charge in [-0.15, -0.1) is 0 Å². The molecule has 0 spiro atoms. The predicted molar refractivity (Wildman–Crippen MR) is 61.4 cm³/mol. The van der Waals surface area contributed by atoms with Crippen LogP contribution in [0.3, 0.4) is 0 Å². The fourth-order valence-corrected chi connectivity index (χ4v) is 1.63. The first kappa shape index (κ1) is 12.5. The summed E-state index contributed by atoms with van der Waals surface area (Å²) in [7, 11) is 0. The Morgan fingerprint density at radius 1 is 1.50 bits per heavy atom. The van der Waals surface area contributed by atoms with E-state index in [0.29, 0.717) is 12.1 Å². The molecule has 1 aromatic rings. The van der Waals surface area contributed by atoms with E-state index < -0.39 is 11.6 Å². The Labute approximate surface area is 103 Å². The van der Waals surface area contributed by atoms with E-state index in [1.807, 2.05) is 0 Å². The lowest BCUT2D eigenvalue weighted by Crippen LogP contribution is -2.23. The molecule has 0 saturated heterocycles. The first-order valence-electron chi connectivity index (χ1n) is 5.59. The molecule has 1 N–H and O–H groups in total. The molecule has 1 amide bonds.